The van der Waals surface area contributed by atoms with Gasteiger partial charge in [-0.25, -0.2) is 8.42 Å². The van der Waals surface area contributed by atoms with Gasteiger partial charge in [0.15, 0.2) is 0 Å². The number of ether oxygens (including phenoxy) is 1. The van der Waals surface area contributed by atoms with Crippen molar-refractivity contribution in [3.63, 3.8) is 0 Å². The van der Waals surface area contributed by atoms with Gasteiger partial charge in [0, 0.05) is 44.9 Å². The van der Waals surface area contributed by atoms with Gasteiger partial charge in [-0.15, -0.1) is 0 Å². The van der Waals surface area contributed by atoms with Crippen LogP contribution in [0.5, 0.6) is 0 Å². The second-order valence-electron chi connectivity index (χ2n) is 6.53. The first-order valence-electron chi connectivity index (χ1n) is 8.83. The Bertz CT molecular complexity index is 726. The van der Waals surface area contributed by atoms with Crippen molar-refractivity contribution >= 4 is 15.9 Å². The number of hydrogen-bond donors (Lipinski definition) is 2. The van der Waals surface area contributed by atoms with Crippen LogP contribution >= 0.6 is 0 Å². The number of carbonyl (C=O) groups excluding carboxylic acids is 1. The summed E-state index contributed by atoms with van der Waals surface area (Å²) in [5, 5.41) is 11.9. The molecule has 2 heterocycles. The lowest BCUT2D eigenvalue weighted by molar-refractivity contribution is 0.0929. The van der Waals surface area contributed by atoms with Gasteiger partial charge >= 0.3 is 0 Å². The van der Waals surface area contributed by atoms with Crippen LogP contribution in [-0.2, 0) is 14.8 Å². The van der Waals surface area contributed by atoms with Crippen LogP contribution in [0.25, 0.3) is 0 Å². The third kappa shape index (κ3) is 4.41. The maximum absolute atomic E-state index is 12.9. The summed E-state index contributed by atoms with van der Waals surface area (Å²) in [7, 11) is -3.64. The van der Waals surface area contributed by atoms with Crippen LogP contribution in [0.2, 0.25) is 0 Å². The summed E-state index contributed by atoms with van der Waals surface area (Å²) in [4.78, 5) is 14.5. The van der Waals surface area contributed by atoms with Crippen LogP contribution in [0.3, 0.4) is 0 Å². The van der Waals surface area contributed by atoms with E-state index in [1.54, 1.807) is 12.1 Å². The molecule has 0 radical (unpaired) electrons. The summed E-state index contributed by atoms with van der Waals surface area (Å²) in [6.45, 7) is 3.65. The third-order valence-corrected chi connectivity index (χ3v) is 6.64. The van der Waals surface area contributed by atoms with Crippen LogP contribution in [0, 0.1) is 0 Å². The first-order valence-corrected chi connectivity index (χ1v) is 10.3. The Hall–Kier alpha value is -1.52. The van der Waals surface area contributed by atoms with E-state index in [0.29, 0.717) is 51.5 Å². The molecule has 1 aromatic carbocycles. The minimum absolute atomic E-state index is 0.0256. The van der Waals surface area contributed by atoms with E-state index in [9.17, 15) is 13.2 Å². The van der Waals surface area contributed by atoms with Crippen molar-refractivity contribution in [2.75, 3.05) is 52.5 Å². The largest absolute Gasteiger partial charge is 0.395 e. The standard InChI is InChI=1S/C17H25N3O5S/c21-10-9-19-5-7-20(8-6-19)26(23,24)16-3-1-2-14(12-16)17(22)18-15-4-11-25-13-15/h1-3,12,15,21H,4-11,13H2,(H,18,22)/t15-/m1/s1. The van der Waals surface area contributed by atoms with Crippen molar-refractivity contribution in [2.45, 2.75) is 17.4 Å². The molecule has 1 amide bonds. The van der Waals surface area contributed by atoms with E-state index >= 15 is 0 Å². The van der Waals surface area contributed by atoms with Crippen molar-refractivity contribution in [2.24, 2.45) is 0 Å². The fourth-order valence-electron chi connectivity index (χ4n) is 3.20. The molecular formula is C17H25N3O5S. The Morgan fingerprint density at radius 2 is 2.04 bits per heavy atom. The minimum atomic E-state index is -3.64. The van der Waals surface area contributed by atoms with Crippen LogP contribution in [-0.4, -0.2) is 87.2 Å². The molecule has 8 nitrogen and oxygen atoms in total. The molecular weight excluding hydrogens is 358 g/mol. The van der Waals surface area contributed by atoms with Crippen molar-refractivity contribution in [3.05, 3.63) is 29.8 Å². The maximum atomic E-state index is 12.9. The predicted molar refractivity (Wildman–Crippen MR) is 95.4 cm³/mol. The number of benzene rings is 1. The van der Waals surface area contributed by atoms with Gasteiger partial charge in [0.1, 0.15) is 0 Å². The first-order chi connectivity index (χ1) is 12.5. The molecule has 0 aromatic heterocycles. The van der Waals surface area contributed by atoms with Crippen LogP contribution < -0.4 is 5.32 Å². The Morgan fingerprint density at radius 1 is 1.27 bits per heavy atom. The average Bonchev–Trinajstić information content (AvgIpc) is 3.15. The quantitative estimate of drug-likeness (QED) is 0.687. The molecule has 2 aliphatic rings. The van der Waals surface area contributed by atoms with E-state index in [0.717, 1.165) is 6.42 Å². The lowest BCUT2D eigenvalue weighted by Crippen LogP contribution is -2.49. The number of hydrogen-bond acceptors (Lipinski definition) is 6. The number of amides is 1. The smallest absolute Gasteiger partial charge is 0.251 e. The summed E-state index contributed by atoms with van der Waals surface area (Å²) in [5.74, 6) is -0.287. The van der Waals surface area contributed by atoms with E-state index < -0.39 is 10.0 Å². The van der Waals surface area contributed by atoms with Gasteiger partial charge in [-0.3, -0.25) is 9.69 Å². The summed E-state index contributed by atoms with van der Waals surface area (Å²) < 4.78 is 32.4. The van der Waals surface area contributed by atoms with Gasteiger partial charge in [-0.2, -0.15) is 4.31 Å². The second kappa shape index (κ2) is 8.45. The van der Waals surface area contributed by atoms with Gasteiger partial charge in [-0.1, -0.05) is 6.07 Å². The molecule has 0 saturated carbocycles. The highest BCUT2D eigenvalue weighted by atomic mass is 32.2. The number of nitrogens with one attached hydrogen (secondary N) is 1. The van der Waals surface area contributed by atoms with E-state index in [-0.39, 0.29) is 23.5 Å². The lowest BCUT2D eigenvalue weighted by atomic mass is 10.2. The number of aliphatic hydroxyl groups is 1. The Kier molecular flexibility index (Phi) is 6.25. The molecule has 2 N–H and O–H groups in total. The second-order valence-corrected chi connectivity index (χ2v) is 8.47. The molecule has 0 spiro atoms. The maximum Gasteiger partial charge on any atom is 0.251 e. The van der Waals surface area contributed by atoms with Gasteiger partial charge in [0.05, 0.1) is 24.2 Å². The highest BCUT2D eigenvalue weighted by Gasteiger charge is 2.29. The molecule has 9 heteroatoms. The number of nitrogens with zero attached hydrogens (tertiary/aromatic N) is 2. The van der Waals surface area contributed by atoms with Crippen molar-refractivity contribution in [3.8, 4) is 0 Å². The van der Waals surface area contributed by atoms with Crippen molar-refractivity contribution < 1.29 is 23.1 Å². The summed E-state index contributed by atoms with van der Waals surface area (Å²) in [6, 6.07) is 6.13. The molecule has 144 valence electrons. The SMILES string of the molecule is O=C(N[C@@H]1CCOC1)c1cccc(S(=O)(=O)N2CCN(CCO)CC2)c1. The Labute approximate surface area is 153 Å². The van der Waals surface area contributed by atoms with E-state index in [4.69, 9.17) is 9.84 Å². The van der Waals surface area contributed by atoms with Gasteiger partial charge < -0.3 is 15.2 Å². The zero-order valence-electron chi connectivity index (χ0n) is 14.6. The fraction of sp³-hybridized carbons (Fsp3) is 0.588. The van der Waals surface area contributed by atoms with E-state index in [1.807, 2.05) is 4.90 Å². The van der Waals surface area contributed by atoms with Crippen LogP contribution in [0.1, 0.15) is 16.8 Å². The highest BCUT2D eigenvalue weighted by molar-refractivity contribution is 7.89. The van der Waals surface area contributed by atoms with Crippen LogP contribution in [0.4, 0.5) is 0 Å². The topological polar surface area (TPSA) is 99.2 Å². The van der Waals surface area contributed by atoms with Gasteiger partial charge in [-0.05, 0) is 24.6 Å². The minimum Gasteiger partial charge on any atom is -0.395 e. The zero-order chi connectivity index (χ0) is 18.6. The Balaban J connectivity index is 1.69. The highest BCUT2D eigenvalue weighted by Crippen LogP contribution is 2.19. The molecule has 26 heavy (non-hydrogen) atoms. The Morgan fingerprint density at radius 3 is 2.69 bits per heavy atom. The normalized spacial score (nSPS) is 22.4. The molecule has 3 rings (SSSR count). The molecule has 2 saturated heterocycles. The van der Waals surface area contributed by atoms with Crippen molar-refractivity contribution in [1.82, 2.24) is 14.5 Å². The monoisotopic (exact) mass is 383 g/mol. The summed E-state index contributed by atoms with van der Waals surface area (Å²) in [5.41, 5.74) is 0.330. The van der Waals surface area contributed by atoms with E-state index in [1.165, 1.54) is 16.4 Å². The number of β-amino-alcohol motifs (C(OH)–C–C–N with tert-alkyl or cyclic N) is 1. The summed E-state index contributed by atoms with van der Waals surface area (Å²) in [6.07, 6.45) is 0.766. The average molecular weight is 383 g/mol. The number of sulfonamides is 1. The number of carbonyl (C=O) groups is 1. The number of piperazine rings is 1. The van der Waals surface area contributed by atoms with Gasteiger partial charge in [0.25, 0.3) is 5.91 Å². The number of aliphatic hydroxyl groups excluding tert-OH is 1. The van der Waals surface area contributed by atoms with Crippen molar-refractivity contribution in [1.29, 1.82) is 0 Å². The van der Waals surface area contributed by atoms with E-state index in [2.05, 4.69) is 5.32 Å². The fourth-order valence-corrected chi connectivity index (χ4v) is 4.67. The molecule has 2 aliphatic heterocycles. The molecule has 0 aliphatic carbocycles. The van der Waals surface area contributed by atoms with Gasteiger partial charge in [0.2, 0.25) is 10.0 Å². The lowest BCUT2D eigenvalue weighted by Gasteiger charge is -2.33. The molecule has 1 atom stereocenters. The molecule has 1 aromatic rings. The molecule has 0 bridgehead atoms. The third-order valence-electron chi connectivity index (χ3n) is 4.75. The summed E-state index contributed by atoms with van der Waals surface area (Å²) >= 11 is 0. The number of rotatable bonds is 6. The molecule has 2 fully saturated rings. The molecule has 0 unspecified atom stereocenters. The predicted octanol–water partition coefficient (Wildman–Crippen LogP) is -0.496. The van der Waals surface area contributed by atoms with Crippen LogP contribution in [0.15, 0.2) is 29.2 Å². The first kappa shape index (κ1) is 19.2. The zero-order valence-corrected chi connectivity index (χ0v) is 15.5.